The standard InChI is InChI=1S/2C60H66N6/c61-52-33-28-50(29-34-52)60(49-26-22-46(23-27-49)42-65-55-14-8-3-9-15-55)57-38-51(32-37-58(57)62)59(47-24-20-45(21-25-47)41-64-54-12-6-2-7-13-54)48-30-35-56(36-31-48)66-40-44-18-16-43(17-19-44)39-63-53-10-4-1-5-11-53;61-53-31-23-49(24-32-53)59(50-25-33-54(62)34-26-50)47-19-21-48(22-20-47)60(51-27-35-57(36-28-51)65-41-45-15-11-43(12-16-45)39-63-55-7-3-1-4-8-55)52-29-37-58(38-30-52)66-42-46-17-13-44(14-18-46)40-64-56-9-5-2-6-10-56/h1-15,28-47,49,59-60H,16-27,61-62H2;1-10,23-48,59-60H,11-22,61-62H2. The zero-order valence-corrected chi connectivity index (χ0v) is 76.7. The first-order valence-electron chi connectivity index (χ1n) is 49.3. The molecule has 8 N–H and O–H groups in total. The molecule has 12 aromatic carbocycles. The summed E-state index contributed by atoms with van der Waals surface area (Å²) in [5.74, 6) is 7.08. The average Bonchev–Trinajstić information content (AvgIpc) is 0.777. The number of nitrogens with zero attached hydrogens (tertiary/aromatic N) is 8. The van der Waals surface area contributed by atoms with Gasteiger partial charge in [0, 0.05) is 96.1 Å². The Hall–Kier alpha value is -12.8. The maximum Gasteiger partial charge on any atom is 0.0626 e. The molecule has 12 heteroatoms. The van der Waals surface area contributed by atoms with E-state index in [1.54, 1.807) is 0 Å². The molecular weight excluding hydrogens is 1610 g/mol. The van der Waals surface area contributed by atoms with Crippen molar-refractivity contribution in [2.45, 2.75) is 178 Å². The lowest BCUT2D eigenvalue weighted by Gasteiger charge is -2.38. The molecule has 6 aliphatic rings. The Balaban J connectivity index is 0.000000184. The Morgan fingerprint density at radius 2 is 0.341 bits per heavy atom. The van der Waals surface area contributed by atoms with E-state index in [4.69, 9.17) is 62.9 Å². The highest BCUT2D eigenvalue weighted by atomic mass is 14.8. The van der Waals surface area contributed by atoms with E-state index in [9.17, 15) is 0 Å². The van der Waals surface area contributed by atoms with Crippen LogP contribution in [0.5, 0.6) is 0 Å². The van der Waals surface area contributed by atoms with Crippen LogP contribution in [0, 0.1) is 71.0 Å². The van der Waals surface area contributed by atoms with Crippen molar-refractivity contribution in [3.63, 3.8) is 0 Å². The summed E-state index contributed by atoms with van der Waals surface area (Å²) < 4.78 is 0. The zero-order chi connectivity index (χ0) is 89.8. The van der Waals surface area contributed by atoms with E-state index in [-0.39, 0.29) is 17.8 Å². The van der Waals surface area contributed by atoms with Crippen LogP contribution in [0.25, 0.3) is 0 Å². The van der Waals surface area contributed by atoms with Crippen LogP contribution < -0.4 is 22.9 Å². The van der Waals surface area contributed by atoms with E-state index in [1.165, 1.54) is 44.5 Å². The average molecular weight is 1740 g/mol. The predicted octanol–water partition coefficient (Wildman–Crippen LogP) is 30.9. The Bertz CT molecular complexity index is 5580. The summed E-state index contributed by atoms with van der Waals surface area (Å²) in [5, 5.41) is 0. The van der Waals surface area contributed by atoms with Gasteiger partial charge in [-0.3, -0.25) is 39.9 Å². The number of hydrogen-bond acceptors (Lipinski definition) is 12. The third kappa shape index (κ3) is 25.7. The molecule has 0 spiro atoms. The quantitative estimate of drug-likeness (QED) is 0.0279. The maximum absolute atomic E-state index is 7.10. The van der Waals surface area contributed by atoms with Gasteiger partial charge in [0.1, 0.15) is 0 Å². The largest absolute Gasteiger partial charge is 0.399 e. The van der Waals surface area contributed by atoms with Gasteiger partial charge < -0.3 is 22.9 Å². The minimum atomic E-state index is 0.172. The van der Waals surface area contributed by atoms with E-state index in [2.05, 4.69) is 274 Å². The summed E-state index contributed by atoms with van der Waals surface area (Å²) in [5.41, 5.74) is 47.9. The molecule has 0 aliphatic heterocycles. The van der Waals surface area contributed by atoms with Gasteiger partial charge in [-0.1, -0.05) is 176 Å². The number of nitrogen functional groups attached to an aromatic ring is 4. The van der Waals surface area contributed by atoms with Crippen LogP contribution in [0.3, 0.4) is 0 Å². The van der Waals surface area contributed by atoms with Crippen LogP contribution in [0.4, 0.5) is 68.2 Å². The molecule has 0 heterocycles. The Labute approximate surface area is 784 Å². The number of anilines is 4. The van der Waals surface area contributed by atoms with Crippen molar-refractivity contribution >= 4 is 118 Å². The molecule has 0 radical (unpaired) electrons. The lowest BCUT2D eigenvalue weighted by molar-refractivity contribution is 0.240. The van der Waals surface area contributed by atoms with Crippen LogP contribution in [0.15, 0.2) is 355 Å². The SMILES string of the molecule is Nc1ccc(C(c2cc(C(c3ccc(N=CC4CCC(C=Nc5ccccc5)CC4)cc3)C3CCC(C=Nc4ccccc4)CC3)ccc2N)C2CCC(C=Nc3ccccc3)CC2)cc1.Nc1ccc(C(c2ccc(N)cc2)C2CCC(C(c3ccc(N=CC4CCC(C=Nc5ccccc5)CC4)cc3)c3ccc(N=CC4CCC(C=Nc5ccccc5)CC4)cc3)CC2)cc1. The Morgan fingerprint density at radius 1 is 0.174 bits per heavy atom. The summed E-state index contributed by atoms with van der Waals surface area (Å²) in [6, 6.07) is 112. The van der Waals surface area contributed by atoms with Gasteiger partial charge in [0.2, 0.25) is 0 Å². The monoisotopic (exact) mass is 1740 g/mol. The summed E-state index contributed by atoms with van der Waals surface area (Å²) >= 11 is 0. The van der Waals surface area contributed by atoms with Gasteiger partial charge in [-0.05, 0) is 409 Å². The molecule has 672 valence electrons. The molecule has 18 rings (SSSR count). The Kier molecular flexibility index (Phi) is 32.0. The van der Waals surface area contributed by atoms with Crippen LogP contribution in [-0.4, -0.2) is 49.7 Å². The summed E-state index contributed by atoms with van der Waals surface area (Å²) in [4.78, 5) is 39.1. The van der Waals surface area contributed by atoms with Gasteiger partial charge in [-0.15, -0.1) is 0 Å². The van der Waals surface area contributed by atoms with Crippen molar-refractivity contribution in [1.82, 2.24) is 0 Å². The van der Waals surface area contributed by atoms with Crippen LogP contribution in [-0.2, 0) is 0 Å². The van der Waals surface area contributed by atoms with Crippen molar-refractivity contribution in [3.8, 4) is 0 Å². The molecule has 12 aromatic rings. The summed E-state index contributed by atoms with van der Waals surface area (Å²) in [6.45, 7) is 0. The van der Waals surface area contributed by atoms with E-state index in [0.717, 1.165) is 222 Å². The van der Waals surface area contributed by atoms with Crippen LogP contribution >= 0.6 is 0 Å². The minimum absolute atomic E-state index is 0.172. The van der Waals surface area contributed by atoms with Crippen LogP contribution in [0.1, 0.15) is 222 Å². The van der Waals surface area contributed by atoms with Gasteiger partial charge in [-0.2, -0.15) is 0 Å². The third-order valence-electron chi connectivity index (χ3n) is 29.5. The number of hydrogen-bond donors (Lipinski definition) is 4. The van der Waals surface area contributed by atoms with Gasteiger partial charge in [-0.25, -0.2) is 0 Å². The van der Waals surface area contributed by atoms with Gasteiger partial charge in [0.15, 0.2) is 0 Å². The predicted molar refractivity (Wildman–Crippen MR) is 560 cm³/mol. The zero-order valence-electron chi connectivity index (χ0n) is 76.7. The van der Waals surface area contributed by atoms with Gasteiger partial charge >= 0.3 is 0 Å². The highest BCUT2D eigenvalue weighted by molar-refractivity contribution is 5.73. The molecule has 132 heavy (non-hydrogen) atoms. The van der Waals surface area contributed by atoms with Crippen molar-refractivity contribution in [3.05, 3.63) is 360 Å². The smallest absolute Gasteiger partial charge is 0.0626 e. The fourth-order valence-electron chi connectivity index (χ4n) is 21.9. The normalized spacial score (nSPS) is 23.5. The molecule has 2 unspecified atom stereocenters. The van der Waals surface area contributed by atoms with E-state index < -0.39 is 0 Å². The molecule has 6 aliphatic carbocycles. The summed E-state index contributed by atoms with van der Waals surface area (Å²) in [6.07, 6.45) is 45.0. The second kappa shape index (κ2) is 46.3. The molecule has 6 fully saturated rings. The van der Waals surface area contributed by atoms with E-state index >= 15 is 0 Å². The van der Waals surface area contributed by atoms with Crippen molar-refractivity contribution in [2.75, 3.05) is 22.9 Å². The van der Waals surface area contributed by atoms with Crippen molar-refractivity contribution in [2.24, 2.45) is 111 Å². The molecule has 0 saturated heterocycles. The molecule has 12 nitrogen and oxygen atoms in total. The number of para-hydroxylation sites is 5. The van der Waals surface area contributed by atoms with Crippen LogP contribution in [0.2, 0.25) is 0 Å². The fraction of sp³-hybridized carbons (Fsp3) is 0.333. The van der Waals surface area contributed by atoms with Gasteiger partial charge in [0.25, 0.3) is 0 Å². The molecule has 2 atom stereocenters. The second-order valence-corrected chi connectivity index (χ2v) is 38.5. The van der Waals surface area contributed by atoms with E-state index in [1.807, 2.05) is 91.0 Å². The number of nitrogens with two attached hydrogens (primary N) is 4. The first-order valence-corrected chi connectivity index (χ1v) is 49.3. The lowest BCUT2D eigenvalue weighted by atomic mass is 9.66. The molecule has 0 aromatic heterocycles. The fourth-order valence-corrected chi connectivity index (χ4v) is 21.9. The topological polar surface area (TPSA) is 203 Å². The molecule has 6 saturated carbocycles. The number of benzene rings is 12. The first-order chi connectivity index (χ1) is 65.0. The number of aliphatic imine (C=N–C) groups is 8. The summed E-state index contributed by atoms with van der Waals surface area (Å²) in [7, 11) is 0. The maximum atomic E-state index is 7.10. The third-order valence-corrected chi connectivity index (χ3v) is 29.5. The lowest BCUT2D eigenvalue weighted by Crippen LogP contribution is -2.25. The molecule has 0 amide bonds. The molecular formula is C120H132N12. The van der Waals surface area contributed by atoms with Crippen molar-refractivity contribution in [1.29, 1.82) is 0 Å². The molecule has 0 bridgehead atoms. The van der Waals surface area contributed by atoms with E-state index in [0.29, 0.717) is 76.9 Å². The van der Waals surface area contributed by atoms with Gasteiger partial charge in [0.05, 0.1) is 45.5 Å². The second-order valence-electron chi connectivity index (χ2n) is 38.5. The highest BCUT2D eigenvalue weighted by Crippen LogP contribution is 2.51. The number of rotatable bonds is 28. The van der Waals surface area contributed by atoms with Crippen molar-refractivity contribution < 1.29 is 0 Å². The first kappa shape index (κ1) is 91.1. The highest BCUT2D eigenvalue weighted by Gasteiger charge is 2.37. The minimum Gasteiger partial charge on any atom is -0.399 e. The Morgan fingerprint density at radius 3 is 0.568 bits per heavy atom.